The quantitative estimate of drug-likeness (QED) is 0.279. The van der Waals surface area contributed by atoms with Crippen LogP contribution in [0.3, 0.4) is 0 Å². The molecule has 0 saturated heterocycles. The van der Waals surface area contributed by atoms with Gasteiger partial charge in [-0.1, -0.05) is 26.3 Å². The summed E-state index contributed by atoms with van der Waals surface area (Å²) in [4.78, 5) is 10.7. The van der Waals surface area contributed by atoms with Crippen molar-refractivity contribution in [1.29, 1.82) is 0 Å². The molecule has 1 atom stereocenters. The second-order valence-corrected chi connectivity index (χ2v) is 4.28. The average molecular weight is 288 g/mol. The number of hydrogen-bond acceptors (Lipinski definition) is 5. The molecule has 0 aliphatic rings. The molecule has 118 valence electrons. The third kappa shape index (κ3) is 12.1. The van der Waals surface area contributed by atoms with Crippen molar-refractivity contribution in [3.8, 4) is 0 Å². The van der Waals surface area contributed by atoms with Crippen LogP contribution in [0, 0.1) is 0 Å². The maximum absolute atomic E-state index is 10.7. The van der Waals surface area contributed by atoms with Crippen molar-refractivity contribution in [2.45, 2.75) is 39.2 Å². The van der Waals surface area contributed by atoms with E-state index in [-0.39, 0.29) is 12.7 Å². The van der Waals surface area contributed by atoms with Gasteiger partial charge < -0.3 is 18.9 Å². The fourth-order valence-electron chi connectivity index (χ4n) is 1.58. The molecule has 0 spiro atoms. The van der Waals surface area contributed by atoms with Crippen molar-refractivity contribution in [2.75, 3.05) is 39.6 Å². The lowest BCUT2D eigenvalue weighted by molar-refractivity contribution is -0.139. The molecule has 0 rings (SSSR count). The Labute approximate surface area is 122 Å². The Bertz CT molecular complexity index is 242. The fourth-order valence-corrected chi connectivity index (χ4v) is 1.58. The van der Waals surface area contributed by atoms with Crippen LogP contribution in [0.1, 0.15) is 33.1 Å². The summed E-state index contributed by atoms with van der Waals surface area (Å²) in [6.07, 6.45) is 4.65. The van der Waals surface area contributed by atoms with E-state index in [0.717, 1.165) is 25.3 Å². The molecule has 0 aromatic carbocycles. The van der Waals surface area contributed by atoms with Crippen LogP contribution in [0.4, 0.5) is 0 Å². The van der Waals surface area contributed by atoms with Gasteiger partial charge in [0.25, 0.3) is 0 Å². The molecule has 0 amide bonds. The van der Waals surface area contributed by atoms with E-state index in [0.29, 0.717) is 33.0 Å². The number of unbranched alkanes of at least 4 members (excludes halogenated alkanes) is 1. The lowest BCUT2D eigenvalue weighted by Gasteiger charge is -2.16. The van der Waals surface area contributed by atoms with E-state index in [2.05, 4.69) is 13.5 Å². The Kier molecular flexibility index (Phi) is 13.8. The third-order valence-electron chi connectivity index (χ3n) is 2.60. The second-order valence-electron chi connectivity index (χ2n) is 4.28. The minimum absolute atomic E-state index is 0.175. The van der Waals surface area contributed by atoms with Gasteiger partial charge in [0.15, 0.2) is 0 Å². The predicted molar refractivity (Wildman–Crippen MR) is 77.7 cm³/mol. The Balaban J connectivity index is 3.39. The van der Waals surface area contributed by atoms with Crippen LogP contribution in [-0.4, -0.2) is 51.7 Å². The molecule has 0 saturated carbocycles. The summed E-state index contributed by atoms with van der Waals surface area (Å²) in [7, 11) is 0. The molecule has 5 nitrogen and oxygen atoms in total. The molecule has 0 radical (unpaired) electrons. The first-order chi connectivity index (χ1) is 9.74. The largest absolute Gasteiger partial charge is 0.460 e. The van der Waals surface area contributed by atoms with Gasteiger partial charge in [0.05, 0.1) is 32.5 Å². The average Bonchev–Trinajstić information content (AvgIpc) is 2.46. The van der Waals surface area contributed by atoms with Gasteiger partial charge in [-0.05, 0) is 13.3 Å². The van der Waals surface area contributed by atoms with Crippen LogP contribution in [0.25, 0.3) is 0 Å². The van der Waals surface area contributed by atoms with Crippen LogP contribution in [0.2, 0.25) is 0 Å². The van der Waals surface area contributed by atoms with Gasteiger partial charge in [0.2, 0.25) is 0 Å². The maximum atomic E-state index is 10.7. The molecular formula is C15H28O5. The van der Waals surface area contributed by atoms with E-state index < -0.39 is 5.97 Å². The van der Waals surface area contributed by atoms with Gasteiger partial charge in [0.1, 0.15) is 6.61 Å². The van der Waals surface area contributed by atoms with E-state index >= 15 is 0 Å². The lowest BCUT2D eigenvalue weighted by Crippen LogP contribution is -2.21. The molecule has 0 aromatic rings. The van der Waals surface area contributed by atoms with E-state index in [1.54, 1.807) is 0 Å². The Hall–Kier alpha value is -0.910. The summed E-state index contributed by atoms with van der Waals surface area (Å²) in [6, 6.07) is 0. The van der Waals surface area contributed by atoms with Gasteiger partial charge in [-0.3, -0.25) is 0 Å². The molecule has 20 heavy (non-hydrogen) atoms. The molecule has 0 N–H and O–H groups in total. The van der Waals surface area contributed by atoms with E-state index in [4.69, 9.17) is 18.9 Å². The Morgan fingerprint density at radius 2 is 1.85 bits per heavy atom. The first-order valence-corrected chi connectivity index (χ1v) is 7.30. The fraction of sp³-hybridized carbons (Fsp3) is 0.800. The van der Waals surface area contributed by atoms with Crippen LogP contribution < -0.4 is 0 Å². The summed E-state index contributed by atoms with van der Waals surface area (Å²) in [5.41, 5.74) is 0. The first-order valence-electron chi connectivity index (χ1n) is 7.30. The zero-order valence-corrected chi connectivity index (χ0v) is 12.8. The highest BCUT2D eigenvalue weighted by Gasteiger charge is 2.07. The van der Waals surface area contributed by atoms with Crippen molar-refractivity contribution in [2.24, 2.45) is 0 Å². The summed E-state index contributed by atoms with van der Waals surface area (Å²) in [5.74, 6) is -0.430. The van der Waals surface area contributed by atoms with Crippen LogP contribution in [-0.2, 0) is 23.7 Å². The molecule has 0 fully saturated rings. The lowest BCUT2D eigenvalue weighted by atomic mass is 10.2. The highest BCUT2D eigenvalue weighted by Crippen LogP contribution is 2.05. The normalized spacial score (nSPS) is 12.1. The van der Waals surface area contributed by atoms with Crippen LogP contribution in [0.15, 0.2) is 12.7 Å². The van der Waals surface area contributed by atoms with Crippen molar-refractivity contribution in [3.05, 3.63) is 12.7 Å². The van der Waals surface area contributed by atoms with Gasteiger partial charge in [-0.2, -0.15) is 0 Å². The minimum Gasteiger partial charge on any atom is -0.460 e. The van der Waals surface area contributed by atoms with Gasteiger partial charge >= 0.3 is 5.97 Å². The number of hydrogen-bond donors (Lipinski definition) is 0. The van der Waals surface area contributed by atoms with Gasteiger partial charge in [0, 0.05) is 12.7 Å². The zero-order chi connectivity index (χ0) is 15.1. The molecule has 0 bridgehead atoms. The maximum Gasteiger partial charge on any atom is 0.330 e. The highest BCUT2D eigenvalue weighted by molar-refractivity contribution is 5.81. The summed E-state index contributed by atoms with van der Waals surface area (Å²) < 4.78 is 21.2. The van der Waals surface area contributed by atoms with Crippen LogP contribution in [0.5, 0.6) is 0 Å². The highest BCUT2D eigenvalue weighted by atomic mass is 16.6. The zero-order valence-electron chi connectivity index (χ0n) is 12.8. The Morgan fingerprint density at radius 1 is 1.15 bits per heavy atom. The predicted octanol–water partition coefficient (Wildman–Crippen LogP) is 2.34. The van der Waals surface area contributed by atoms with Crippen molar-refractivity contribution < 1.29 is 23.7 Å². The smallest absolute Gasteiger partial charge is 0.330 e. The van der Waals surface area contributed by atoms with Crippen molar-refractivity contribution in [1.82, 2.24) is 0 Å². The molecular weight excluding hydrogens is 260 g/mol. The molecule has 0 aliphatic carbocycles. The molecule has 0 aromatic heterocycles. The number of carbonyl (C=O) groups excluding carboxylic acids is 1. The first kappa shape index (κ1) is 19.1. The molecule has 1 unspecified atom stereocenters. The molecule has 5 heteroatoms. The van der Waals surface area contributed by atoms with Gasteiger partial charge in [-0.25, -0.2) is 4.79 Å². The number of ether oxygens (including phenoxy) is 4. The summed E-state index contributed by atoms with van der Waals surface area (Å²) >= 11 is 0. The number of rotatable bonds is 14. The van der Waals surface area contributed by atoms with E-state index in [1.807, 2.05) is 6.92 Å². The topological polar surface area (TPSA) is 54.0 Å². The SMILES string of the molecule is C=CC(=O)OCCOCCOCC(CCCC)OCC. The Morgan fingerprint density at radius 3 is 2.50 bits per heavy atom. The summed E-state index contributed by atoms with van der Waals surface area (Å²) in [6.45, 7) is 10.4. The van der Waals surface area contributed by atoms with Crippen LogP contribution >= 0.6 is 0 Å². The minimum atomic E-state index is -0.430. The molecule has 0 heterocycles. The summed E-state index contributed by atoms with van der Waals surface area (Å²) in [5, 5.41) is 0. The standard InChI is InChI=1S/C15H28O5/c1-4-7-8-14(19-6-3)13-18-10-9-17-11-12-20-15(16)5-2/h5,14H,2,4,6-13H2,1,3H3. The monoisotopic (exact) mass is 288 g/mol. The number of esters is 1. The van der Waals surface area contributed by atoms with Crippen molar-refractivity contribution in [3.63, 3.8) is 0 Å². The van der Waals surface area contributed by atoms with E-state index in [1.165, 1.54) is 0 Å². The second kappa shape index (κ2) is 14.5. The third-order valence-corrected chi connectivity index (χ3v) is 2.60. The van der Waals surface area contributed by atoms with Crippen molar-refractivity contribution >= 4 is 5.97 Å². The molecule has 0 aliphatic heterocycles. The van der Waals surface area contributed by atoms with Gasteiger partial charge in [-0.15, -0.1) is 0 Å². The van der Waals surface area contributed by atoms with E-state index in [9.17, 15) is 4.79 Å². The number of carbonyl (C=O) groups is 1.